The highest BCUT2D eigenvalue weighted by molar-refractivity contribution is 5.66. The lowest BCUT2D eigenvalue weighted by Crippen LogP contribution is -2.34. The minimum absolute atomic E-state index is 0.608. The number of anilines is 2. The summed E-state index contributed by atoms with van der Waals surface area (Å²) < 4.78 is 0. The van der Waals surface area contributed by atoms with E-state index in [-0.39, 0.29) is 0 Å². The molecule has 1 saturated heterocycles. The average Bonchev–Trinajstić information content (AvgIpc) is 2.96. The lowest BCUT2D eigenvalue weighted by atomic mass is 9.80. The normalized spacial score (nSPS) is 30.5. The van der Waals surface area contributed by atoms with Gasteiger partial charge in [0, 0.05) is 25.3 Å². The van der Waals surface area contributed by atoms with Crippen LogP contribution >= 0.6 is 0 Å². The Kier molecular flexibility index (Phi) is 4.13. The van der Waals surface area contributed by atoms with Crippen molar-refractivity contribution in [3.63, 3.8) is 0 Å². The summed E-state index contributed by atoms with van der Waals surface area (Å²) in [7, 11) is 0. The quantitative estimate of drug-likeness (QED) is 0.904. The van der Waals surface area contributed by atoms with Gasteiger partial charge in [0.25, 0.3) is 0 Å². The van der Waals surface area contributed by atoms with E-state index >= 15 is 0 Å². The molecule has 1 aliphatic carbocycles. The molecule has 1 aromatic heterocycles. The molecule has 0 bridgehead atoms. The fourth-order valence-electron chi connectivity index (χ4n) is 3.77. The maximum atomic E-state index is 4.63. The molecule has 3 unspecified atom stereocenters. The Morgan fingerprint density at radius 3 is 2.75 bits per heavy atom. The van der Waals surface area contributed by atoms with Crippen molar-refractivity contribution in [2.24, 2.45) is 11.8 Å². The SMILES string of the molecule is CC1CCC(Nc2cccnc2N2CCCC2)C(C)C1. The summed E-state index contributed by atoms with van der Waals surface area (Å²) in [6.45, 7) is 7.08. The smallest absolute Gasteiger partial charge is 0.151 e. The van der Waals surface area contributed by atoms with Crippen LogP contribution in [-0.4, -0.2) is 24.1 Å². The van der Waals surface area contributed by atoms with Crippen LogP contribution in [0.5, 0.6) is 0 Å². The van der Waals surface area contributed by atoms with Gasteiger partial charge < -0.3 is 10.2 Å². The second-order valence-electron chi connectivity index (χ2n) is 6.72. The Hall–Kier alpha value is -1.25. The van der Waals surface area contributed by atoms with Crippen LogP contribution in [0.2, 0.25) is 0 Å². The maximum absolute atomic E-state index is 4.63. The highest BCUT2D eigenvalue weighted by Crippen LogP contribution is 2.33. The van der Waals surface area contributed by atoms with Crippen LogP contribution in [0.15, 0.2) is 18.3 Å². The van der Waals surface area contributed by atoms with E-state index in [1.807, 2.05) is 6.20 Å². The molecule has 1 saturated carbocycles. The summed E-state index contributed by atoms with van der Waals surface area (Å²) >= 11 is 0. The first-order chi connectivity index (χ1) is 9.74. The topological polar surface area (TPSA) is 28.2 Å². The summed E-state index contributed by atoms with van der Waals surface area (Å²) in [6, 6.07) is 4.86. The Morgan fingerprint density at radius 2 is 2.00 bits per heavy atom. The van der Waals surface area contributed by atoms with Gasteiger partial charge in [0.2, 0.25) is 0 Å². The Bertz CT molecular complexity index is 440. The number of hydrogen-bond donors (Lipinski definition) is 1. The zero-order chi connectivity index (χ0) is 13.9. The van der Waals surface area contributed by atoms with Crippen molar-refractivity contribution in [3.05, 3.63) is 18.3 Å². The van der Waals surface area contributed by atoms with Crippen molar-refractivity contribution >= 4 is 11.5 Å². The van der Waals surface area contributed by atoms with Crippen molar-refractivity contribution in [3.8, 4) is 0 Å². The molecule has 3 atom stereocenters. The molecule has 3 nitrogen and oxygen atoms in total. The van der Waals surface area contributed by atoms with Crippen LogP contribution in [-0.2, 0) is 0 Å². The fraction of sp³-hybridized carbons (Fsp3) is 0.706. The summed E-state index contributed by atoms with van der Waals surface area (Å²) in [5.41, 5.74) is 1.24. The number of nitrogens with one attached hydrogen (secondary N) is 1. The largest absolute Gasteiger partial charge is 0.379 e. The number of hydrogen-bond acceptors (Lipinski definition) is 3. The van der Waals surface area contributed by atoms with Crippen molar-refractivity contribution in [2.45, 2.75) is 52.0 Å². The summed E-state index contributed by atoms with van der Waals surface area (Å²) in [5.74, 6) is 2.80. The third kappa shape index (κ3) is 2.92. The van der Waals surface area contributed by atoms with Crippen LogP contribution in [0, 0.1) is 11.8 Å². The third-order valence-corrected chi connectivity index (χ3v) is 4.96. The number of rotatable bonds is 3. The number of aromatic nitrogens is 1. The molecule has 1 aliphatic heterocycles. The molecule has 20 heavy (non-hydrogen) atoms. The lowest BCUT2D eigenvalue weighted by molar-refractivity contribution is 0.276. The predicted molar refractivity (Wildman–Crippen MR) is 85.3 cm³/mol. The molecule has 2 heterocycles. The molecule has 1 aromatic rings. The molecule has 2 fully saturated rings. The Balaban J connectivity index is 1.73. The second kappa shape index (κ2) is 6.02. The van der Waals surface area contributed by atoms with E-state index in [0.29, 0.717) is 6.04 Å². The van der Waals surface area contributed by atoms with Crippen LogP contribution in [0.3, 0.4) is 0 Å². The van der Waals surface area contributed by atoms with E-state index in [4.69, 9.17) is 0 Å². The standard InChI is InChI=1S/C17H27N3/c1-13-7-8-15(14(2)12-13)19-16-6-5-9-18-17(16)20-10-3-4-11-20/h5-6,9,13-15,19H,3-4,7-8,10-12H2,1-2H3. The van der Waals surface area contributed by atoms with Gasteiger partial charge in [0.1, 0.15) is 0 Å². The van der Waals surface area contributed by atoms with Crippen molar-refractivity contribution < 1.29 is 0 Å². The highest BCUT2D eigenvalue weighted by atomic mass is 15.2. The van der Waals surface area contributed by atoms with E-state index in [9.17, 15) is 0 Å². The molecule has 1 N–H and O–H groups in total. The van der Waals surface area contributed by atoms with Crippen LogP contribution in [0.25, 0.3) is 0 Å². The van der Waals surface area contributed by atoms with Crippen molar-refractivity contribution in [2.75, 3.05) is 23.3 Å². The lowest BCUT2D eigenvalue weighted by Gasteiger charge is -2.34. The minimum Gasteiger partial charge on any atom is -0.379 e. The van der Waals surface area contributed by atoms with Crippen LogP contribution in [0.1, 0.15) is 46.0 Å². The molecule has 0 amide bonds. The van der Waals surface area contributed by atoms with Crippen LogP contribution in [0.4, 0.5) is 11.5 Å². The zero-order valence-corrected chi connectivity index (χ0v) is 12.8. The van der Waals surface area contributed by atoms with Gasteiger partial charge in [-0.15, -0.1) is 0 Å². The molecule has 110 valence electrons. The minimum atomic E-state index is 0.608. The van der Waals surface area contributed by atoms with Gasteiger partial charge in [0.15, 0.2) is 5.82 Å². The number of nitrogens with zero attached hydrogens (tertiary/aromatic N) is 2. The Morgan fingerprint density at radius 1 is 1.20 bits per heavy atom. The fourth-order valence-corrected chi connectivity index (χ4v) is 3.77. The van der Waals surface area contributed by atoms with Gasteiger partial charge >= 0.3 is 0 Å². The molecule has 2 aliphatic rings. The van der Waals surface area contributed by atoms with E-state index in [0.717, 1.165) is 30.7 Å². The maximum Gasteiger partial charge on any atom is 0.151 e. The van der Waals surface area contributed by atoms with E-state index < -0.39 is 0 Å². The van der Waals surface area contributed by atoms with E-state index in [2.05, 4.69) is 41.2 Å². The zero-order valence-electron chi connectivity index (χ0n) is 12.8. The van der Waals surface area contributed by atoms with E-state index in [1.165, 1.54) is 37.8 Å². The second-order valence-corrected chi connectivity index (χ2v) is 6.72. The third-order valence-electron chi connectivity index (χ3n) is 4.96. The van der Waals surface area contributed by atoms with Crippen molar-refractivity contribution in [1.82, 2.24) is 4.98 Å². The van der Waals surface area contributed by atoms with Gasteiger partial charge in [-0.25, -0.2) is 4.98 Å². The summed E-state index contributed by atoms with van der Waals surface area (Å²) in [4.78, 5) is 7.06. The number of pyridine rings is 1. The van der Waals surface area contributed by atoms with Gasteiger partial charge in [-0.05, 0) is 56.1 Å². The first-order valence-corrected chi connectivity index (χ1v) is 8.20. The molecular formula is C17H27N3. The van der Waals surface area contributed by atoms with Crippen molar-refractivity contribution in [1.29, 1.82) is 0 Å². The molecule has 3 rings (SSSR count). The summed E-state index contributed by atoms with van der Waals surface area (Å²) in [5, 5.41) is 3.79. The molecule has 0 radical (unpaired) electrons. The average molecular weight is 273 g/mol. The molecule has 0 aromatic carbocycles. The predicted octanol–water partition coefficient (Wildman–Crippen LogP) is 3.92. The van der Waals surface area contributed by atoms with Crippen LogP contribution < -0.4 is 10.2 Å². The first kappa shape index (κ1) is 13.7. The van der Waals surface area contributed by atoms with Gasteiger partial charge in [-0.3, -0.25) is 0 Å². The van der Waals surface area contributed by atoms with Gasteiger partial charge in [0.05, 0.1) is 5.69 Å². The Labute approximate surface area is 122 Å². The molecule has 0 spiro atoms. The first-order valence-electron chi connectivity index (χ1n) is 8.20. The van der Waals surface area contributed by atoms with Gasteiger partial charge in [-0.1, -0.05) is 13.8 Å². The summed E-state index contributed by atoms with van der Waals surface area (Å²) in [6.07, 6.45) is 8.50. The molecular weight excluding hydrogens is 246 g/mol. The van der Waals surface area contributed by atoms with Gasteiger partial charge in [-0.2, -0.15) is 0 Å². The highest BCUT2D eigenvalue weighted by Gasteiger charge is 2.26. The molecule has 3 heteroatoms. The van der Waals surface area contributed by atoms with E-state index in [1.54, 1.807) is 0 Å². The monoisotopic (exact) mass is 273 g/mol.